The molecule has 128 valence electrons. The molecular formula is C17H23N5O2. The zero-order valence-electron chi connectivity index (χ0n) is 14.3. The van der Waals surface area contributed by atoms with Gasteiger partial charge in [-0.05, 0) is 19.1 Å². The van der Waals surface area contributed by atoms with Crippen LogP contribution in [0.3, 0.4) is 0 Å². The molecule has 0 aliphatic carbocycles. The highest BCUT2D eigenvalue weighted by atomic mass is 16.2. The van der Waals surface area contributed by atoms with Gasteiger partial charge in [-0.1, -0.05) is 12.1 Å². The Kier molecular flexibility index (Phi) is 4.53. The molecule has 3 rings (SSSR count). The highest BCUT2D eigenvalue weighted by Crippen LogP contribution is 2.19. The Morgan fingerprint density at radius 1 is 1.21 bits per heavy atom. The first kappa shape index (κ1) is 16.4. The zero-order valence-corrected chi connectivity index (χ0v) is 14.3. The van der Waals surface area contributed by atoms with E-state index in [2.05, 4.69) is 14.9 Å². The summed E-state index contributed by atoms with van der Waals surface area (Å²) in [6, 6.07) is 7.40. The second kappa shape index (κ2) is 6.60. The van der Waals surface area contributed by atoms with E-state index in [0.29, 0.717) is 29.8 Å². The summed E-state index contributed by atoms with van der Waals surface area (Å²) in [5.41, 5.74) is 0.605. The smallest absolute Gasteiger partial charge is 0.319 e. The van der Waals surface area contributed by atoms with E-state index in [0.717, 1.165) is 13.1 Å². The lowest BCUT2D eigenvalue weighted by molar-refractivity contribution is 0.0999. The number of carbonyl (C=O) groups excluding carboxylic acids is 1. The van der Waals surface area contributed by atoms with Gasteiger partial charge in [0, 0.05) is 40.3 Å². The number of urea groups is 1. The highest BCUT2D eigenvalue weighted by Gasteiger charge is 2.26. The number of fused-ring (bicyclic) bond motifs is 1. The fraction of sp³-hybridized carbons (Fsp3) is 0.471. The Hall–Kier alpha value is -2.41. The Morgan fingerprint density at radius 2 is 1.88 bits per heavy atom. The molecule has 24 heavy (non-hydrogen) atoms. The van der Waals surface area contributed by atoms with E-state index in [-0.39, 0.29) is 17.6 Å². The number of H-pyrrole nitrogens is 1. The van der Waals surface area contributed by atoms with Crippen LogP contribution in [-0.2, 0) is 0 Å². The second-order valence-electron chi connectivity index (χ2n) is 6.34. The summed E-state index contributed by atoms with van der Waals surface area (Å²) in [6.45, 7) is 4.92. The van der Waals surface area contributed by atoms with Crippen molar-refractivity contribution in [2.24, 2.45) is 0 Å². The Balaban J connectivity index is 1.75. The maximum atomic E-state index is 12.2. The minimum Gasteiger partial charge on any atom is -0.331 e. The van der Waals surface area contributed by atoms with Crippen LogP contribution in [0.2, 0.25) is 0 Å². The van der Waals surface area contributed by atoms with Gasteiger partial charge in [0.25, 0.3) is 5.56 Å². The summed E-state index contributed by atoms with van der Waals surface area (Å²) in [7, 11) is 3.53. The largest absolute Gasteiger partial charge is 0.331 e. The van der Waals surface area contributed by atoms with Crippen molar-refractivity contribution in [3.05, 3.63) is 40.4 Å². The molecule has 1 aromatic heterocycles. The predicted molar refractivity (Wildman–Crippen MR) is 93.0 cm³/mol. The number of aromatic amines is 1. The summed E-state index contributed by atoms with van der Waals surface area (Å²) in [6.07, 6.45) is 0. The van der Waals surface area contributed by atoms with Crippen LogP contribution >= 0.6 is 0 Å². The number of hydrogen-bond acceptors (Lipinski definition) is 4. The molecule has 2 aromatic rings. The molecule has 1 aliphatic rings. The van der Waals surface area contributed by atoms with E-state index in [9.17, 15) is 9.59 Å². The fourth-order valence-corrected chi connectivity index (χ4v) is 3.06. The minimum atomic E-state index is -0.108. The van der Waals surface area contributed by atoms with Crippen LogP contribution < -0.4 is 5.56 Å². The molecule has 1 aromatic carbocycles. The van der Waals surface area contributed by atoms with Gasteiger partial charge in [-0.2, -0.15) is 0 Å². The maximum absolute atomic E-state index is 12.2. The Morgan fingerprint density at radius 3 is 2.54 bits per heavy atom. The van der Waals surface area contributed by atoms with Gasteiger partial charge >= 0.3 is 6.03 Å². The molecule has 0 bridgehead atoms. The molecule has 1 atom stereocenters. The van der Waals surface area contributed by atoms with Gasteiger partial charge in [-0.25, -0.2) is 9.78 Å². The molecule has 0 unspecified atom stereocenters. The van der Waals surface area contributed by atoms with Crippen molar-refractivity contribution >= 4 is 16.9 Å². The highest BCUT2D eigenvalue weighted by molar-refractivity contribution is 5.77. The van der Waals surface area contributed by atoms with Crippen molar-refractivity contribution in [2.75, 3.05) is 40.3 Å². The van der Waals surface area contributed by atoms with Crippen molar-refractivity contribution in [1.29, 1.82) is 0 Å². The standard InChI is InChI=1S/C17H23N5O2/c1-12(21-8-10-22(11-9-21)17(24)20(2)3)15-18-14-7-5-4-6-13(14)16(23)19-15/h4-7,12H,8-11H2,1-3H3,(H,18,19,23)/t12-/m1/s1. The van der Waals surface area contributed by atoms with Crippen molar-refractivity contribution in [3.8, 4) is 0 Å². The average Bonchev–Trinajstić information content (AvgIpc) is 2.60. The average molecular weight is 329 g/mol. The van der Waals surface area contributed by atoms with Crippen LogP contribution in [0.25, 0.3) is 10.9 Å². The third-order valence-corrected chi connectivity index (χ3v) is 4.54. The normalized spacial score (nSPS) is 17.0. The molecule has 1 fully saturated rings. The number of aromatic nitrogens is 2. The zero-order chi connectivity index (χ0) is 17.3. The number of rotatable bonds is 2. The number of nitrogens with one attached hydrogen (secondary N) is 1. The summed E-state index contributed by atoms with van der Waals surface area (Å²) < 4.78 is 0. The van der Waals surface area contributed by atoms with Crippen LogP contribution in [0.4, 0.5) is 4.79 Å². The van der Waals surface area contributed by atoms with Crippen LogP contribution in [0, 0.1) is 0 Å². The molecule has 1 saturated heterocycles. The summed E-state index contributed by atoms with van der Waals surface area (Å²) in [5, 5.41) is 0.606. The first-order valence-corrected chi connectivity index (χ1v) is 8.16. The molecular weight excluding hydrogens is 306 g/mol. The van der Waals surface area contributed by atoms with Crippen molar-refractivity contribution in [3.63, 3.8) is 0 Å². The molecule has 0 spiro atoms. The van der Waals surface area contributed by atoms with E-state index in [1.54, 1.807) is 25.1 Å². The first-order valence-electron chi connectivity index (χ1n) is 8.16. The number of amides is 2. The third-order valence-electron chi connectivity index (χ3n) is 4.54. The quantitative estimate of drug-likeness (QED) is 0.901. The molecule has 1 N–H and O–H groups in total. The number of nitrogens with zero attached hydrogens (tertiary/aromatic N) is 4. The van der Waals surface area contributed by atoms with E-state index in [4.69, 9.17) is 0 Å². The molecule has 2 amide bonds. The topological polar surface area (TPSA) is 72.5 Å². The molecule has 0 radical (unpaired) electrons. The third kappa shape index (κ3) is 3.12. The van der Waals surface area contributed by atoms with Crippen LogP contribution in [0.1, 0.15) is 18.8 Å². The van der Waals surface area contributed by atoms with Crippen LogP contribution in [-0.4, -0.2) is 71.0 Å². The number of para-hydroxylation sites is 1. The minimum absolute atomic E-state index is 0.00101. The summed E-state index contributed by atoms with van der Waals surface area (Å²) in [4.78, 5) is 37.4. The van der Waals surface area contributed by atoms with E-state index in [1.807, 2.05) is 30.0 Å². The molecule has 7 nitrogen and oxygen atoms in total. The van der Waals surface area contributed by atoms with Gasteiger partial charge in [-0.3, -0.25) is 9.69 Å². The summed E-state index contributed by atoms with van der Waals surface area (Å²) >= 11 is 0. The van der Waals surface area contributed by atoms with Gasteiger partial charge in [0.1, 0.15) is 5.82 Å². The lowest BCUT2D eigenvalue weighted by Gasteiger charge is -2.38. The lowest BCUT2D eigenvalue weighted by Crippen LogP contribution is -2.52. The number of hydrogen-bond donors (Lipinski definition) is 1. The maximum Gasteiger partial charge on any atom is 0.319 e. The number of benzene rings is 1. The van der Waals surface area contributed by atoms with Crippen LogP contribution in [0.15, 0.2) is 29.1 Å². The fourth-order valence-electron chi connectivity index (χ4n) is 3.06. The Labute approximate surface area is 140 Å². The van der Waals surface area contributed by atoms with Gasteiger partial charge < -0.3 is 14.8 Å². The summed E-state index contributed by atoms with van der Waals surface area (Å²) in [5.74, 6) is 0.672. The SMILES string of the molecule is C[C@H](c1nc2ccccc2c(=O)[nH]1)N1CCN(C(=O)N(C)C)CC1. The van der Waals surface area contributed by atoms with E-state index < -0.39 is 0 Å². The van der Waals surface area contributed by atoms with Gasteiger partial charge in [0.05, 0.1) is 16.9 Å². The molecule has 7 heteroatoms. The number of piperazine rings is 1. The van der Waals surface area contributed by atoms with E-state index in [1.165, 1.54) is 0 Å². The molecule has 0 saturated carbocycles. The monoisotopic (exact) mass is 329 g/mol. The first-order chi connectivity index (χ1) is 11.5. The van der Waals surface area contributed by atoms with Crippen molar-refractivity contribution in [1.82, 2.24) is 24.7 Å². The number of carbonyl (C=O) groups is 1. The lowest BCUT2D eigenvalue weighted by atomic mass is 10.2. The predicted octanol–water partition coefficient (Wildman–Crippen LogP) is 1.28. The van der Waals surface area contributed by atoms with Crippen molar-refractivity contribution < 1.29 is 4.79 Å². The second-order valence-corrected chi connectivity index (χ2v) is 6.34. The Bertz CT molecular complexity index is 793. The molecule has 2 heterocycles. The van der Waals surface area contributed by atoms with Crippen LogP contribution in [0.5, 0.6) is 0 Å². The van der Waals surface area contributed by atoms with Crippen molar-refractivity contribution in [2.45, 2.75) is 13.0 Å². The molecule has 1 aliphatic heterocycles. The van der Waals surface area contributed by atoms with Gasteiger partial charge in [0.2, 0.25) is 0 Å². The van der Waals surface area contributed by atoms with Gasteiger partial charge in [-0.15, -0.1) is 0 Å². The van der Waals surface area contributed by atoms with Gasteiger partial charge in [0.15, 0.2) is 0 Å². The van der Waals surface area contributed by atoms with E-state index >= 15 is 0 Å².